The van der Waals surface area contributed by atoms with Crippen LogP contribution in [0.1, 0.15) is 6.92 Å². The summed E-state index contributed by atoms with van der Waals surface area (Å²) in [5.74, 6) is -0.344. The fourth-order valence-electron chi connectivity index (χ4n) is 3.54. The van der Waals surface area contributed by atoms with Crippen molar-refractivity contribution in [3.8, 4) is 5.88 Å². The van der Waals surface area contributed by atoms with Crippen LogP contribution in [0.2, 0.25) is 0 Å². The highest BCUT2D eigenvalue weighted by molar-refractivity contribution is 7.89. The molecule has 2 amide bonds. The quantitative estimate of drug-likeness (QED) is 0.676. The van der Waals surface area contributed by atoms with Crippen LogP contribution in [0.15, 0.2) is 48.0 Å². The molecule has 1 atom stereocenters. The number of hydrogen-bond acceptors (Lipinski definition) is 6. The van der Waals surface area contributed by atoms with Crippen molar-refractivity contribution in [2.24, 2.45) is 0 Å². The Kier molecular flexibility index (Phi) is 6.37. The smallest absolute Gasteiger partial charge is 0.244 e. The lowest BCUT2D eigenvalue weighted by Crippen LogP contribution is -2.56. The fourth-order valence-corrected chi connectivity index (χ4v) is 5.36. The highest BCUT2D eigenvalue weighted by Crippen LogP contribution is 2.31. The molecular weight excluding hydrogens is 408 g/mol. The minimum absolute atomic E-state index is 0.152. The SMILES string of the molecule is C=CC(=O)NCC(=O)N1CCN(S(=O)(=O)c2cccc3c(OC)nccc23)C(C)C1. The summed E-state index contributed by atoms with van der Waals surface area (Å²) in [5, 5.41) is 3.59. The molecule has 1 aliphatic rings. The number of piperazine rings is 1. The van der Waals surface area contributed by atoms with E-state index in [1.54, 1.807) is 36.1 Å². The van der Waals surface area contributed by atoms with Crippen molar-refractivity contribution in [3.05, 3.63) is 43.1 Å². The van der Waals surface area contributed by atoms with E-state index in [-0.39, 0.29) is 37.0 Å². The number of pyridine rings is 1. The third-order valence-corrected chi connectivity index (χ3v) is 7.10. The average molecular weight is 433 g/mol. The van der Waals surface area contributed by atoms with Gasteiger partial charge in [-0.05, 0) is 31.2 Å². The molecule has 1 aliphatic heterocycles. The van der Waals surface area contributed by atoms with Gasteiger partial charge in [-0.1, -0.05) is 12.6 Å². The Morgan fingerprint density at radius 2 is 2.07 bits per heavy atom. The second kappa shape index (κ2) is 8.80. The molecular formula is C20H24N4O5S. The Hall–Kier alpha value is -2.98. The molecule has 2 aromatic rings. The van der Waals surface area contributed by atoms with Crippen LogP contribution in [0.5, 0.6) is 5.88 Å². The number of rotatable bonds is 6. The first-order valence-corrected chi connectivity index (χ1v) is 10.8. The van der Waals surface area contributed by atoms with Crippen molar-refractivity contribution >= 4 is 32.6 Å². The maximum Gasteiger partial charge on any atom is 0.244 e. The molecule has 9 nitrogen and oxygen atoms in total. The molecule has 0 saturated carbocycles. The zero-order chi connectivity index (χ0) is 21.9. The van der Waals surface area contributed by atoms with Crippen LogP contribution in [0, 0.1) is 0 Å². The second-order valence-electron chi connectivity index (χ2n) is 6.90. The number of carbonyl (C=O) groups excluding carboxylic acids is 2. The third-order valence-electron chi connectivity index (χ3n) is 5.03. The lowest BCUT2D eigenvalue weighted by molar-refractivity contribution is -0.133. The minimum Gasteiger partial charge on any atom is -0.481 e. The van der Waals surface area contributed by atoms with E-state index in [0.717, 1.165) is 6.08 Å². The number of hydrogen-bond donors (Lipinski definition) is 1. The molecule has 1 fully saturated rings. The normalized spacial score (nSPS) is 17.5. The van der Waals surface area contributed by atoms with E-state index in [0.29, 0.717) is 16.7 Å². The van der Waals surface area contributed by atoms with Crippen molar-refractivity contribution in [3.63, 3.8) is 0 Å². The number of nitrogens with zero attached hydrogens (tertiary/aromatic N) is 3. The van der Waals surface area contributed by atoms with Crippen LogP contribution >= 0.6 is 0 Å². The van der Waals surface area contributed by atoms with Gasteiger partial charge in [0.05, 0.1) is 18.6 Å². The number of sulfonamides is 1. The number of nitrogens with one attached hydrogen (secondary N) is 1. The van der Waals surface area contributed by atoms with Gasteiger partial charge in [-0.25, -0.2) is 13.4 Å². The van der Waals surface area contributed by atoms with E-state index >= 15 is 0 Å². The van der Waals surface area contributed by atoms with Crippen LogP contribution in [-0.2, 0) is 19.6 Å². The lowest BCUT2D eigenvalue weighted by atomic mass is 10.2. The molecule has 0 radical (unpaired) electrons. The Balaban J connectivity index is 1.82. The maximum absolute atomic E-state index is 13.4. The molecule has 1 saturated heterocycles. The number of ether oxygens (including phenoxy) is 1. The van der Waals surface area contributed by atoms with Crippen molar-refractivity contribution in [2.75, 3.05) is 33.3 Å². The number of amides is 2. The summed E-state index contributed by atoms with van der Waals surface area (Å²) < 4.78 is 33.5. The highest BCUT2D eigenvalue weighted by Gasteiger charge is 2.36. The topological polar surface area (TPSA) is 109 Å². The van der Waals surface area contributed by atoms with Crippen LogP contribution in [0.4, 0.5) is 0 Å². The summed E-state index contributed by atoms with van der Waals surface area (Å²) in [6.45, 7) is 5.57. The molecule has 2 heterocycles. The van der Waals surface area contributed by atoms with Crippen molar-refractivity contribution in [1.82, 2.24) is 19.5 Å². The van der Waals surface area contributed by atoms with E-state index in [1.165, 1.54) is 17.6 Å². The van der Waals surface area contributed by atoms with E-state index in [4.69, 9.17) is 4.74 Å². The van der Waals surface area contributed by atoms with Gasteiger partial charge in [0.25, 0.3) is 0 Å². The van der Waals surface area contributed by atoms with Gasteiger partial charge in [0, 0.05) is 42.6 Å². The molecule has 0 spiro atoms. The minimum atomic E-state index is -3.81. The van der Waals surface area contributed by atoms with Crippen molar-refractivity contribution in [1.29, 1.82) is 0 Å². The molecule has 3 rings (SSSR count). The van der Waals surface area contributed by atoms with Gasteiger partial charge in [0.15, 0.2) is 0 Å². The molecule has 10 heteroatoms. The number of benzene rings is 1. The zero-order valence-electron chi connectivity index (χ0n) is 16.9. The van der Waals surface area contributed by atoms with Crippen molar-refractivity contribution in [2.45, 2.75) is 17.9 Å². The summed E-state index contributed by atoms with van der Waals surface area (Å²) in [4.78, 5) is 29.4. The first kappa shape index (κ1) is 21.7. The summed E-state index contributed by atoms with van der Waals surface area (Å²) in [6.07, 6.45) is 2.60. The Morgan fingerprint density at radius 1 is 1.30 bits per heavy atom. The molecule has 160 valence electrons. The molecule has 0 bridgehead atoms. The first-order chi connectivity index (χ1) is 14.3. The van der Waals surface area contributed by atoms with Crippen LogP contribution in [0.25, 0.3) is 10.8 Å². The van der Waals surface area contributed by atoms with E-state index < -0.39 is 22.0 Å². The number of methoxy groups -OCH3 is 1. The summed E-state index contributed by atoms with van der Waals surface area (Å²) >= 11 is 0. The van der Waals surface area contributed by atoms with Crippen molar-refractivity contribution < 1.29 is 22.7 Å². The Labute approximate surface area is 175 Å². The van der Waals surface area contributed by atoms with E-state index in [1.807, 2.05) is 0 Å². The molecule has 1 aromatic heterocycles. The average Bonchev–Trinajstić information content (AvgIpc) is 2.75. The predicted molar refractivity (Wildman–Crippen MR) is 111 cm³/mol. The molecule has 0 aliphatic carbocycles. The molecule has 1 N–H and O–H groups in total. The summed E-state index contributed by atoms with van der Waals surface area (Å²) in [6, 6.07) is 6.20. The van der Waals surface area contributed by atoms with Gasteiger partial charge in [0.1, 0.15) is 0 Å². The zero-order valence-corrected chi connectivity index (χ0v) is 17.7. The molecule has 1 aromatic carbocycles. The van der Waals surface area contributed by atoms with E-state index in [2.05, 4.69) is 16.9 Å². The van der Waals surface area contributed by atoms with Crippen LogP contribution < -0.4 is 10.1 Å². The highest BCUT2D eigenvalue weighted by atomic mass is 32.2. The van der Waals surface area contributed by atoms with Crippen LogP contribution in [-0.4, -0.2) is 73.8 Å². The maximum atomic E-state index is 13.4. The first-order valence-electron chi connectivity index (χ1n) is 9.41. The largest absolute Gasteiger partial charge is 0.481 e. The van der Waals surface area contributed by atoms with Gasteiger partial charge in [-0.2, -0.15) is 4.31 Å². The Morgan fingerprint density at radius 3 is 2.73 bits per heavy atom. The molecule has 1 unspecified atom stereocenters. The van der Waals surface area contributed by atoms with Gasteiger partial charge in [-0.15, -0.1) is 0 Å². The predicted octanol–water partition coefficient (Wildman–Crippen LogP) is 0.767. The van der Waals surface area contributed by atoms with Crippen LogP contribution in [0.3, 0.4) is 0 Å². The fraction of sp³-hybridized carbons (Fsp3) is 0.350. The second-order valence-corrected chi connectivity index (χ2v) is 8.76. The monoisotopic (exact) mass is 432 g/mol. The standard InChI is InChI=1S/C20H24N4O5S/c1-4-18(25)22-12-19(26)23-10-11-24(14(2)13-23)30(27,28)17-7-5-6-16-15(17)8-9-21-20(16)29-3/h4-9,14H,1,10-13H2,2-3H3,(H,22,25). The third kappa shape index (κ3) is 4.14. The van der Waals surface area contributed by atoms with Gasteiger partial charge in [-0.3, -0.25) is 9.59 Å². The summed E-state index contributed by atoms with van der Waals surface area (Å²) in [5.41, 5.74) is 0. The van der Waals surface area contributed by atoms with Gasteiger partial charge >= 0.3 is 0 Å². The summed E-state index contributed by atoms with van der Waals surface area (Å²) in [7, 11) is -2.33. The molecule has 30 heavy (non-hydrogen) atoms. The van der Waals surface area contributed by atoms with E-state index in [9.17, 15) is 18.0 Å². The number of aromatic nitrogens is 1. The number of fused-ring (bicyclic) bond motifs is 1. The van der Waals surface area contributed by atoms with Gasteiger partial charge in [0.2, 0.25) is 27.7 Å². The Bertz CT molecular complexity index is 1090. The van der Waals surface area contributed by atoms with Gasteiger partial charge < -0.3 is 15.0 Å². The number of carbonyl (C=O) groups is 2. The lowest BCUT2D eigenvalue weighted by Gasteiger charge is -2.39.